The number of fused-ring (bicyclic) bond motifs is 3. The fourth-order valence-electron chi connectivity index (χ4n) is 1.83. The summed E-state index contributed by atoms with van der Waals surface area (Å²) < 4.78 is 1.08. The number of aromatic nitrogens is 1. The van der Waals surface area contributed by atoms with Gasteiger partial charge in [0.15, 0.2) is 5.43 Å². The molecule has 2 heterocycles. The van der Waals surface area contributed by atoms with E-state index in [1.54, 1.807) is 17.5 Å². The zero-order valence-electron chi connectivity index (χ0n) is 8.20. The largest absolute Gasteiger partial charge is 0.361 e. The Kier molecular flexibility index (Phi) is 1.70. The van der Waals surface area contributed by atoms with Gasteiger partial charge < -0.3 is 4.98 Å². The van der Waals surface area contributed by atoms with Gasteiger partial charge in [-0.1, -0.05) is 6.07 Å². The number of hydrogen-bond acceptors (Lipinski definition) is 2. The van der Waals surface area contributed by atoms with Crippen LogP contribution in [-0.4, -0.2) is 4.98 Å². The van der Waals surface area contributed by atoms with Crippen LogP contribution in [0.1, 0.15) is 5.56 Å². The van der Waals surface area contributed by atoms with Gasteiger partial charge in [0, 0.05) is 16.5 Å². The highest BCUT2D eigenvalue weighted by Gasteiger charge is 2.06. The molecule has 0 saturated heterocycles. The highest BCUT2D eigenvalue weighted by atomic mass is 32.1. The van der Waals surface area contributed by atoms with E-state index in [0.717, 1.165) is 26.6 Å². The van der Waals surface area contributed by atoms with Crippen molar-refractivity contribution in [2.24, 2.45) is 0 Å². The normalized spacial score (nSPS) is 11.3. The molecule has 1 aromatic carbocycles. The smallest absolute Gasteiger partial charge is 0.193 e. The van der Waals surface area contributed by atoms with E-state index in [1.165, 1.54) is 0 Å². The molecule has 74 valence electrons. The third-order valence-electron chi connectivity index (χ3n) is 2.65. The van der Waals surface area contributed by atoms with E-state index < -0.39 is 0 Å². The summed E-state index contributed by atoms with van der Waals surface area (Å²) in [6.07, 6.45) is 1.77. The van der Waals surface area contributed by atoms with Gasteiger partial charge in [0.2, 0.25) is 0 Å². The Hall–Kier alpha value is -1.61. The summed E-state index contributed by atoms with van der Waals surface area (Å²) in [6.45, 7) is 1.84. The van der Waals surface area contributed by atoms with Gasteiger partial charge in [-0.15, -0.1) is 11.3 Å². The molecule has 0 fully saturated rings. The van der Waals surface area contributed by atoms with Gasteiger partial charge in [0.1, 0.15) is 0 Å². The molecule has 2 aromatic heterocycles. The summed E-state index contributed by atoms with van der Waals surface area (Å²) in [7, 11) is 0. The van der Waals surface area contributed by atoms with Crippen LogP contribution in [0, 0.1) is 6.92 Å². The van der Waals surface area contributed by atoms with Crippen LogP contribution >= 0.6 is 11.3 Å². The fraction of sp³-hybridized carbons (Fsp3) is 0.0833. The lowest BCUT2D eigenvalue weighted by molar-refractivity contribution is 1.31. The van der Waals surface area contributed by atoms with Crippen molar-refractivity contribution in [1.82, 2.24) is 4.98 Å². The third-order valence-corrected chi connectivity index (χ3v) is 3.60. The average molecular weight is 215 g/mol. The summed E-state index contributed by atoms with van der Waals surface area (Å²) in [5.41, 5.74) is 1.82. The highest BCUT2D eigenvalue weighted by molar-refractivity contribution is 7.18. The van der Waals surface area contributed by atoms with Crippen LogP contribution < -0.4 is 5.43 Å². The van der Waals surface area contributed by atoms with Crippen LogP contribution in [0.5, 0.6) is 0 Å². The van der Waals surface area contributed by atoms with E-state index in [1.807, 2.05) is 30.5 Å². The molecule has 1 N–H and O–H groups in total. The van der Waals surface area contributed by atoms with Crippen LogP contribution in [0.2, 0.25) is 0 Å². The Morgan fingerprint density at radius 2 is 2.13 bits per heavy atom. The summed E-state index contributed by atoms with van der Waals surface area (Å²) in [4.78, 5) is 15.2. The molecule has 0 saturated carbocycles. The van der Waals surface area contributed by atoms with Gasteiger partial charge in [0.25, 0.3) is 0 Å². The zero-order chi connectivity index (χ0) is 10.4. The van der Waals surface area contributed by atoms with E-state index in [9.17, 15) is 4.79 Å². The van der Waals surface area contributed by atoms with Crippen molar-refractivity contribution in [2.45, 2.75) is 6.92 Å². The molecule has 3 heteroatoms. The molecule has 0 unspecified atom stereocenters. The first-order valence-electron chi connectivity index (χ1n) is 4.75. The number of H-pyrrole nitrogens is 1. The lowest BCUT2D eigenvalue weighted by atomic mass is 10.1. The Balaban J connectivity index is 2.71. The number of pyridine rings is 1. The van der Waals surface area contributed by atoms with Gasteiger partial charge >= 0.3 is 0 Å². The quantitative estimate of drug-likeness (QED) is 0.614. The SMILES string of the molecule is Cc1c[nH]c2ccc3ccsc3c2c1=O. The van der Waals surface area contributed by atoms with Crippen LogP contribution in [0.3, 0.4) is 0 Å². The van der Waals surface area contributed by atoms with Crippen molar-refractivity contribution in [3.05, 3.63) is 45.6 Å². The Morgan fingerprint density at radius 1 is 1.27 bits per heavy atom. The molecule has 15 heavy (non-hydrogen) atoms. The first-order valence-corrected chi connectivity index (χ1v) is 5.63. The number of aryl methyl sites for hydroxylation is 1. The molecule has 3 aromatic rings. The molecule has 3 rings (SSSR count). The Bertz CT molecular complexity index is 708. The standard InChI is InChI=1S/C12H9NOS/c1-7-6-13-9-3-2-8-4-5-15-12(8)10(9)11(7)14/h2-6H,1H3,(H,13,14). The maximum Gasteiger partial charge on any atom is 0.193 e. The van der Waals surface area contributed by atoms with Crippen molar-refractivity contribution < 1.29 is 0 Å². The lowest BCUT2D eigenvalue weighted by Crippen LogP contribution is -2.05. The molecule has 0 aliphatic rings. The molecule has 0 aliphatic heterocycles. The second-order valence-corrected chi connectivity index (χ2v) is 4.54. The predicted molar refractivity (Wildman–Crippen MR) is 64.7 cm³/mol. The molecule has 2 nitrogen and oxygen atoms in total. The van der Waals surface area contributed by atoms with Crippen LogP contribution in [0.25, 0.3) is 21.0 Å². The van der Waals surface area contributed by atoms with Gasteiger partial charge in [-0.2, -0.15) is 0 Å². The van der Waals surface area contributed by atoms with E-state index in [-0.39, 0.29) is 5.43 Å². The summed E-state index contributed by atoms with van der Waals surface area (Å²) in [5, 5.41) is 3.98. The minimum Gasteiger partial charge on any atom is -0.361 e. The van der Waals surface area contributed by atoms with Crippen molar-refractivity contribution in [2.75, 3.05) is 0 Å². The molecule has 0 bridgehead atoms. The molecular weight excluding hydrogens is 206 g/mol. The minimum atomic E-state index is 0.136. The monoisotopic (exact) mass is 215 g/mol. The van der Waals surface area contributed by atoms with Crippen LogP contribution in [0.15, 0.2) is 34.6 Å². The average Bonchev–Trinajstić information content (AvgIpc) is 2.70. The van der Waals surface area contributed by atoms with Crippen molar-refractivity contribution >= 4 is 32.3 Å². The van der Waals surface area contributed by atoms with Crippen LogP contribution in [0.4, 0.5) is 0 Å². The molecular formula is C12H9NOS. The van der Waals surface area contributed by atoms with Gasteiger partial charge in [-0.25, -0.2) is 0 Å². The summed E-state index contributed by atoms with van der Waals surface area (Å²) >= 11 is 1.62. The second-order valence-electron chi connectivity index (χ2n) is 3.63. The fourth-order valence-corrected chi connectivity index (χ4v) is 2.77. The van der Waals surface area contributed by atoms with Gasteiger partial charge in [-0.05, 0) is 29.8 Å². The van der Waals surface area contributed by atoms with Gasteiger partial charge in [0.05, 0.1) is 10.9 Å². The van der Waals surface area contributed by atoms with E-state index in [2.05, 4.69) is 4.98 Å². The zero-order valence-corrected chi connectivity index (χ0v) is 9.02. The topological polar surface area (TPSA) is 32.9 Å². The van der Waals surface area contributed by atoms with Crippen molar-refractivity contribution in [1.29, 1.82) is 0 Å². The third kappa shape index (κ3) is 1.13. The summed E-state index contributed by atoms with van der Waals surface area (Å²) in [5.74, 6) is 0. The number of aromatic amines is 1. The lowest BCUT2D eigenvalue weighted by Gasteiger charge is -2.00. The number of nitrogens with one attached hydrogen (secondary N) is 1. The van der Waals surface area contributed by atoms with Crippen molar-refractivity contribution in [3.63, 3.8) is 0 Å². The Morgan fingerprint density at radius 3 is 3.00 bits per heavy atom. The summed E-state index contributed by atoms with van der Waals surface area (Å²) in [6, 6.07) is 6.05. The first-order chi connectivity index (χ1) is 7.27. The van der Waals surface area contributed by atoms with Gasteiger partial charge in [-0.3, -0.25) is 4.79 Å². The number of benzene rings is 1. The molecule has 0 radical (unpaired) electrons. The maximum absolute atomic E-state index is 12.0. The molecule has 0 amide bonds. The Labute approximate surface area is 90.2 Å². The minimum absolute atomic E-state index is 0.136. The first kappa shape index (κ1) is 8.68. The molecule has 0 atom stereocenters. The predicted octanol–water partition coefficient (Wildman–Crippen LogP) is 3.05. The number of thiophene rings is 1. The van der Waals surface area contributed by atoms with Crippen LogP contribution in [-0.2, 0) is 0 Å². The molecule has 0 aliphatic carbocycles. The van der Waals surface area contributed by atoms with E-state index >= 15 is 0 Å². The van der Waals surface area contributed by atoms with E-state index in [4.69, 9.17) is 0 Å². The van der Waals surface area contributed by atoms with Crippen molar-refractivity contribution in [3.8, 4) is 0 Å². The number of hydrogen-bond donors (Lipinski definition) is 1. The number of rotatable bonds is 0. The second kappa shape index (κ2) is 2.94. The maximum atomic E-state index is 12.0. The van der Waals surface area contributed by atoms with E-state index in [0.29, 0.717) is 0 Å². The highest BCUT2D eigenvalue weighted by Crippen LogP contribution is 2.26. The molecule has 0 spiro atoms.